The summed E-state index contributed by atoms with van der Waals surface area (Å²) < 4.78 is 12.8. The van der Waals surface area contributed by atoms with E-state index in [1.54, 1.807) is 14.2 Å². The van der Waals surface area contributed by atoms with Crippen molar-refractivity contribution in [2.45, 2.75) is 0 Å². The molecule has 0 fully saturated rings. The van der Waals surface area contributed by atoms with E-state index in [2.05, 4.69) is 31.9 Å². The monoisotopic (exact) mass is 370 g/mol. The Labute approximate surface area is 123 Å². The van der Waals surface area contributed by atoms with Gasteiger partial charge < -0.3 is 9.47 Å². The van der Waals surface area contributed by atoms with Gasteiger partial charge in [0.25, 0.3) is 0 Å². The SMILES string of the molecule is COc1ccc(Br)c(OC)c1-c1cccc(Br)c1. The molecule has 0 bridgehead atoms. The van der Waals surface area contributed by atoms with E-state index < -0.39 is 0 Å². The minimum Gasteiger partial charge on any atom is -0.496 e. The van der Waals surface area contributed by atoms with Crippen LogP contribution in [0.1, 0.15) is 0 Å². The van der Waals surface area contributed by atoms with E-state index in [0.717, 1.165) is 31.6 Å². The first kappa shape index (κ1) is 13.4. The van der Waals surface area contributed by atoms with Crippen molar-refractivity contribution in [2.75, 3.05) is 14.2 Å². The van der Waals surface area contributed by atoms with Gasteiger partial charge in [-0.2, -0.15) is 0 Å². The van der Waals surface area contributed by atoms with Crippen molar-refractivity contribution in [3.63, 3.8) is 0 Å². The molecule has 0 aromatic heterocycles. The molecular weight excluding hydrogens is 360 g/mol. The lowest BCUT2D eigenvalue weighted by atomic mass is 10.0. The molecule has 0 aliphatic heterocycles. The summed E-state index contributed by atoms with van der Waals surface area (Å²) in [6, 6.07) is 11.9. The Bertz CT molecular complexity index is 568. The second-order valence-corrected chi connectivity index (χ2v) is 5.44. The van der Waals surface area contributed by atoms with Gasteiger partial charge in [0.1, 0.15) is 11.5 Å². The minimum atomic E-state index is 0.771. The molecule has 2 rings (SSSR count). The Hall–Kier alpha value is -1.00. The largest absolute Gasteiger partial charge is 0.496 e. The molecule has 0 unspecified atom stereocenters. The van der Waals surface area contributed by atoms with Crippen molar-refractivity contribution in [3.8, 4) is 22.6 Å². The first-order valence-electron chi connectivity index (χ1n) is 5.33. The summed E-state index contributed by atoms with van der Waals surface area (Å²) >= 11 is 6.97. The van der Waals surface area contributed by atoms with Gasteiger partial charge in [-0.05, 0) is 45.8 Å². The van der Waals surface area contributed by atoms with Crippen LogP contribution >= 0.6 is 31.9 Å². The topological polar surface area (TPSA) is 18.5 Å². The van der Waals surface area contributed by atoms with Crippen LogP contribution in [0.3, 0.4) is 0 Å². The number of methoxy groups -OCH3 is 2. The van der Waals surface area contributed by atoms with E-state index in [1.807, 2.05) is 36.4 Å². The van der Waals surface area contributed by atoms with Gasteiger partial charge in [-0.1, -0.05) is 28.1 Å². The summed E-state index contributed by atoms with van der Waals surface area (Å²) in [4.78, 5) is 0. The van der Waals surface area contributed by atoms with Gasteiger partial charge >= 0.3 is 0 Å². The Morgan fingerprint density at radius 2 is 1.72 bits per heavy atom. The van der Waals surface area contributed by atoms with Gasteiger partial charge in [-0.25, -0.2) is 0 Å². The molecule has 0 N–H and O–H groups in total. The van der Waals surface area contributed by atoms with Crippen molar-refractivity contribution in [1.82, 2.24) is 0 Å². The molecule has 0 radical (unpaired) electrons. The number of hydrogen-bond acceptors (Lipinski definition) is 2. The molecule has 0 aliphatic carbocycles. The third kappa shape index (κ3) is 2.54. The number of ether oxygens (including phenoxy) is 2. The average molecular weight is 372 g/mol. The highest BCUT2D eigenvalue weighted by atomic mass is 79.9. The molecule has 0 atom stereocenters. The zero-order valence-corrected chi connectivity index (χ0v) is 13.2. The summed E-state index contributed by atoms with van der Waals surface area (Å²) in [6.07, 6.45) is 0. The van der Waals surface area contributed by atoms with E-state index in [4.69, 9.17) is 9.47 Å². The van der Waals surface area contributed by atoms with E-state index in [1.165, 1.54) is 0 Å². The first-order chi connectivity index (χ1) is 8.67. The number of benzene rings is 2. The predicted octanol–water partition coefficient (Wildman–Crippen LogP) is 4.90. The number of hydrogen-bond donors (Lipinski definition) is 0. The minimum absolute atomic E-state index is 0.771. The van der Waals surface area contributed by atoms with Gasteiger partial charge in [-0.3, -0.25) is 0 Å². The van der Waals surface area contributed by atoms with Crippen LogP contribution in [-0.2, 0) is 0 Å². The lowest BCUT2D eigenvalue weighted by Crippen LogP contribution is -1.94. The first-order valence-corrected chi connectivity index (χ1v) is 6.92. The number of rotatable bonds is 3. The maximum absolute atomic E-state index is 5.47. The van der Waals surface area contributed by atoms with Crippen molar-refractivity contribution < 1.29 is 9.47 Å². The molecule has 0 saturated carbocycles. The molecule has 0 heterocycles. The standard InChI is InChI=1S/C14H12Br2O2/c1-17-12-7-6-11(16)14(18-2)13(12)9-4-3-5-10(15)8-9/h3-8H,1-2H3. The van der Waals surface area contributed by atoms with Crippen molar-refractivity contribution >= 4 is 31.9 Å². The number of halogens is 2. The second kappa shape index (κ2) is 5.76. The fourth-order valence-electron chi connectivity index (χ4n) is 1.83. The van der Waals surface area contributed by atoms with Gasteiger partial charge in [-0.15, -0.1) is 0 Å². The van der Waals surface area contributed by atoms with E-state index in [0.29, 0.717) is 0 Å². The van der Waals surface area contributed by atoms with Crippen LogP contribution in [0, 0.1) is 0 Å². The lowest BCUT2D eigenvalue weighted by Gasteiger charge is -2.15. The fourth-order valence-corrected chi connectivity index (χ4v) is 2.72. The quantitative estimate of drug-likeness (QED) is 0.764. The summed E-state index contributed by atoms with van der Waals surface area (Å²) in [6.45, 7) is 0. The molecule has 4 heteroatoms. The van der Waals surface area contributed by atoms with Crippen LogP contribution in [0.5, 0.6) is 11.5 Å². The molecule has 2 aromatic carbocycles. The highest BCUT2D eigenvalue weighted by molar-refractivity contribution is 9.10. The molecule has 2 aromatic rings. The van der Waals surface area contributed by atoms with Crippen LogP contribution in [0.15, 0.2) is 45.3 Å². The average Bonchev–Trinajstić information content (AvgIpc) is 2.38. The van der Waals surface area contributed by atoms with Crippen molar-refractivity contribution in [3.05, 3.63) is 45.3 Å². The maximum atomic E-state index is 5.47. The third-order valence-electron chi connectivity index (χ3n) is 2.61. The van der Waals surface area contributed by atoms with Crippen LogP contribution in [0.25, 0.3) is 11.1 Å². The predicted molar refractivity (Wildman–Crippen MR) is 80.4 cm³/mol. The molecule has 0 saturated heterocycles. The zero-order chi connectivity index (χ0) is 13.1. The Morgan fingerprint density at radius 1 is 0.944 bits per heavy atom. The van der Waals surface area contributed by atoms with Crippen LogP contribution in [0.4, 0.5) is 0 Å². The highest BCUT2D eigenvalue weighted by Crippen LogP contribution is 2.43. The molecule has 0 amide bonds. The molecule has 18 heavy (non-hydrogen) atoms. The van der Waals surface area contributed by atoms with Gasteiger partial charge in [0.15, 0.2) is 0 Å². The Kier molecular flexibility index (Phi) is 4.30. The summed E-state index contributed by atoms with van der Waals surface area (Å²) in [5.74, 6) is 1.56. The summed E-state index contributed by atoms with van der Waals surface area (Å²) in [5.41, 5.74) is 1.98. The fraction of sp³-hybridized carbons (Fsp3) is 0.143. The summed E-state index contributed by atoms with van der Waals surface area (Å²) in [5, 5.41) is 0. The normalized spacial score (nSPS) is 10.2. The van der Waals surface area contributed by atoms with E-state index in [-0.39, 0.29) is 0 Å². The van der Waals surface area contributed by atoms with Crippen molar-refractivity contribution in [1.29, 1.82) is 0 Å². The molecule has 0 aliphatic rings. The van der Waals surface area contributed by atoms with Gasteiger partial charge in [0, 0.05) is 4.47 Å². The summed E-state index contributed by atoms with van der Waals surface area (Å²) in [7, 11) is 3.31. The van der Waals surface area contributed by atoms with Crippen LogP contribution in [-0.4, -0.2) is 14.2 Å². The maximum Gasteiger partial charge on any atom is 0.144 e. The smallest absolute Gasteiger partial charge is 0.144 e. The molecular formula is C14H12Br2O2. The lowest BCUT2D eigenvalue weighted by molar-refractivity contribution is 0.395. The van der Waals surface area contributed by atoms with Crippen molar-refractivity contribution in [2.24, 2.45) is 0 Å². The molecule has 2 nitrogen and oxygen atoms in total. The third-order valence-corrected chi connectivity index (χ3v) is 3.73. The van der Waals surface area contributed by atoms with Gasteiger partial charge in [0.2, 0.25) is 0 Å². The Balaban J connectivity index is 2.71. The van der Waals surface area contributed by atoms with E-state index >= 15 is 0 Å². The highest BCUT2D eigenvalue weighted by Gasteiger charge is 2.15. The van der Waals surface area contributed by atoms with Gasteiger partial charge in [0.05, 0.1) is 24.3 Å². The molecule has 0 spiro atoms. The molecule has 94 valence electrons. The Morgan fingerprint density at radius 3 is 2.33 bits per heavy atom. The van der Waals surface area contributed by atoms with Crippen LogP contribution < -0.4 is 9.47 Å². The second-order valence-electron chi connectivity index (χ2n) is 3.67. The zero-order valence-electron chi connectivity index (χ0n) is 10.0. The van der Waals surface area contributed by atoms with E-state index in [9.17, 15) is 0 Å². The van der Waals surface area contributed by atoms with Crippen LogP contribution in [0.2, 0.25) is 0 Å².